The summed E-state index contributed by atoms with van der Waals surface area (Å²) in [6.45, 7) is 3.99. The van der Waals surface area contributed by atoms with Gasteiger partial charge in [-0.25, -0.2) is 4.98 Å². The summed E-state index contributed by atoms with van der Waals surface area (Å²) < 4.78 is 7.87. The Kier molecular flexibility index (Phi) is 3.39. The summed E-state index contributed by atoms with van der Waals surface area (Å²) in [5.74, 6) is 1.12. The molecule has 0 aliphatic carbocycles. The smallest absolute Gasteiger partial charge is 0.123 e. The summed E-state index contributed by atoms with van der Waals surface area (Å²) in [6.07, 6.45) is 2.55. The van der Waals surface area contributed by atoms with Crippen molar-refractivity contribution in [2.75, 3.05) is 6.61 Å². The van der Waals surface area contributed by atoms with Crippen LogP contribution in [0.2, 0.25) is 0 Å². The van der Waals surface area contributed by atoms with Gasteiger partial charge in [-0.3, -0.25) is 0 Å². The monoisotopic (exact) mass is 308 g/mol. The molecule has 0 N–H and O–H groups in total. The molecule has 0 amide bonds. The first-order chi connectivity index (χ1) is 8.79. The van der Waals surface area contributed by atoms with Crippen molar-refractivity contribution >= 4 is 27.0 Å². The standard InChI is InChI=1S/C14H17BrN2O/c1-2-11(15)14-16-12-5-3-4-6-13(12)17(14)9-10-7-8-18-10/h3-6,10-11H,2,7-9H2,1H3/t10-,11+/m0/s1. The molecular formula is C14H17BrN2O. The second-order valence-corrected chi connectivity index (χ2v) is 5.83. The van der Waals surface area contributed by atoms with Gasteiger partial charge in [0.25, 0.3) is 0 Å². The van der Waals surface area contributed by atoms with Gasteiger partial charge in [-0.2, -0.15) is 0 Å². The molecule has 96 valence electrons. The number of fused-ring (bicyclic) bond motifs is 1. The van der Waals surface area contributed by atoms with Crippen molar-refractivity contribution in [2.24, 2.45) is 0 Å². The van der Waals surface area contributed by atoms with Crippen LogP contribution in [0.4, 0.5) is 0 Å². The molecule has 1 saturated heterocycles. The van der Waals surface area contributed by atoms with Crippen molar-refractivity contribution < 1.29 is 4.74 Å². The molecule has 1 aromatic carbocycles. The van der Waals surface area contributed by atoms with Gasteiger partial charge in [-0.1, -0.05) is 35.0 Å². The molecule has 2 aromatic rings. The number of nitrogens with zero attached hydrogens (tertiary/aromatic N) is 2. The number of rotatable bonds is 4. The van der Waals surface area contributed by atoms with E-state index in [1.165, 1.54) is 5.52 Å². The van der Waals surface area contributed by atoms with Crippen molar-refractivity contribution in [3.8, 4) is 0 Å². The number of alkyl halides is 1. The average Bonchev–Trinajstić information content (AvgIpc) is 2.71. The number of benzene rings is 1. The maximum Gasteiger partial charge on any atom is 0.123 e. The third-order valence-electron chi connectivity index (χ3n) is 3.50. The van der Waals surface area contributed by atoms with Crippen molar-refractivity contribution in [2.45, 2.75) is 37.2 Å². The lowest BCUT2D eigenvalue weighted by atomic mass is 10.2. The predicted octanol–water partition coefficient (Wildman–Crippen LogP) is 3.67. The molecule has 4 heteroatoms. The molecule has 0 radical (unpaired) electrons. The lowest BCUT2D eigenvalue weighted by molar-refractivity contribution is -0.0590. The zero-order valence-electron chi connectivity index (χ0n) is 10.5. The topological polar surface area (TPSA) is 27.1 Å². The highest BCUT2D eigenvalue weighted by atomic mass is 79.9. The van der Waals surface area contributed by atoms with Gasteiger partial charge in [0.05, 0.1) is 28.5 Å². The Bertz CT molecular complexity index is 548. The molecule has 2 atom stereocenters. The summed E-state index contributed by atoms with van der Waals surface area (Å²) in [5.41, 5.74) is 2.28. The summed E-state index contributed by atoms with van der Waals surface area (Å²) >= 11 is 3.72. The maximum atomic E-state index is 5.56. The SMILES string of the molecule is CC[C@@H](Br)c1nc2ccccc2n1C[C@@H]1CCO1. The Balaban J connectivity index is 2.04. The minimum absolute atomic E-state index is 0.310. The number of para-hydroxylation sites is 2. The molecule has 1 aliphatic heterocycles. The molecule has 0 spiro atoms. The van der Waals surface area contributed by atoms with Crippen molar-refractivity contribution in [1.29, 1.82) is 0 Å². The molecule has 1 aliphatic rings. The fraction of sp³-hybridized carbons (Fsp3) is 0.500. The van der Waals surface area contributed by atoms with Crippen LogP contribution in [0.1, 0.15) is 30.4 Å². The molecule has 1 fully saturated rings. The van der Waals surface area contributed by atoms with Gasteiger partial charge in [0.15, 0.2) is 0 Å². The van der Waals surface area contributed by atoms with Crippen LogP contribution in [0.3, 0.4) is 0 Å². The number of ether oxygens (including phenoxy) is 1. The van der Waals surface area contributed by atoms with Gasteiger partial charge in [0, 0.05) is 6.61 Å². The summed E-state index contributed by atoms with van der Waals surface area (Å²) in [6, 6.07) is 8.33. The molecule has 3 rings (SSSR count). The van der Waals surface area contributed by atoms with Crippen LogP contribution < -0.4 is 0 Å². The second-order valence-electron chi connectivity index (χ2n) is 4.73. The third kappa shape index (κ3) is 2.08. The van der Waals surface area contributed by atoms with Crippen molar-refractivity contribution in [3.05, 3.63) is 30.1 Å². The molecule has 0 unspecified atom stereocenters. The minimum Gasteiger partial charge on any atom is -0.376 e. The summed E-state index contributed by atoms with van der Waals surface area (Å²) in [4.78, 5) is 5.07. The Labute approximate surface area is 115 Å². The predicted molar refractivity (Wildman–Crippen MR) is 76.0 cm³/mol. The average molecular weight is 309 g/mol. The Morgan fingerprint density at radius 3 is 2.94 bits per heavy atom. The number of halogens is 1. The lowest BCUT2D eigenvalue weighted by Crippen LogP contribution is -2.31. The second kappa shape index (κ2) is 5.02. The van der Waals surface area contributed by atoms with Gasteiger partial charge in [-0.05, 0) is 25.0 Å². The number of aromatic nitrogens is 2. The zero-order chi connectivity index (χ0) is 12.5. The Morgan fingerprint density at radius 2 is 2.28 bits per heavy atom. The van der Waals surface area contributed by atoms with Crippen LogP contribution in [-0.2, 0) is 11.3 Å². The van der Waals surface area contributed by atoms with Crippen LogP contribution in [-0.4, -0.2) is 22.3 Å². The third-order valence-corrected chi connectivity index (χ3v) is 4.56. The fourth-order valence-electron chi connectivity index (χ4n) is 2.34. The van der Waals surface area contributed by atoms with E-state index in [4.69, 9.17) is 9.72 Å². The van der Waals surface area contributed by atoms with Crippen LogP contribution in [0.25, 0.3) is 11.0 Å². The van der Waals surface area contributed by atoms with Gasteiger partial charge >= 0.3 is 0 Å². The molecule has 0 bridgehead atoms. The number of hydrogen-bond donors (Lipinski definition) is 0. The van der Waals surface area contributed by atoms with E-state index in [-0.39, 0.29) is 0 Å². The Morgan fingerprint density at radius 1 is 1.50 bits per heavy atom. The van der Waals surface area contributed by atoms with Gasteiger partial charge in [-0.15, -0.1) is 0 Å². The molecule has 2 heterocycles. The van der Waals surface area contributed by atoms with Crippen molar-refractivity contribution in [1.82, 2.24) is 9.55 Å². The van der Waals surface area contributed by atoms with E-state index in [0.717, 1.165) is 37.3 Å². The Hall–Kier alpha value is -0.870. The highest BCUT2D eigenvalue weighted by Gasteiger charge is 2.23. The van der Waals surface area contributed by atoms with Crippen LogP contribution in [0, 0.1) is 0 Å². The normalized spacial score (nSPS) is 20.9. The van der Waals surface area contributed by atoms with Crippen molar-refractivity contribution in [3.63, 3.8) is 0 Å². The first kappa shape index (κ1) is 12.2. The van der Waals surface area contributed by atoms with E-state index >= 15 is 0 Å². The quantitative estimate of drug-likeness (QED) is 0.806. The lowest BCUT2D eigenvalue weighted by Gasteiger charge is -2.28. The van der Waals surface area contributed by atoms with Gasteiger partial charge < -0.3 is 9.30 Å². The zero-order valence-corrected chi connectivity index (χ0v) is 12.1. The van der Waals surface area contributed by atoms with E-state index in [1.54, 1.807) is 0 Å². The highest BCUT2D eigenvalue weighted by molar-refractivity contribution is 9.09. The largest absolute Gasteiger partial charge is 0.376 e. The van der Waals surface area contributed by atoms with Crippen LogP contribution >= 0.6 is 15.9 Å². The van der Waals surface area contributed by atoms with E-state index in [2.05, 4.69) is 45.6 Å². The first-order valence-corrected chi connectivity index (χ1v) is 7.42. The molecular weight excluding hydrogens is 292 g/mol. The summed E-state index contributed by atoms with van der Waals surface area (Å²) in [7, 11) is 0. The fourth-order valence-corrected chi connectivity index (χ4v) is 2.69. The summed E-state index contributed by atoms with van der Waals surface area (Å²) in [5, 5.41) is 0. The van der Waals surface area contributed by atoms with E-state index in [1.807, 2.05) is 6.07 Å². The molecule has 3 nitrogen and oxygen atoms in total. The first-order valence-electron chi connectivity index (χ1n) is 6.50. The minimum atomic E-state index is 0.310. The molecule has 1 aromatic heterocycles. The number of hydrogen-bond acceptors (Lipinski definition) is 2. The van der Waals surface area contributed by atoms with Crippen LogP contribution in [0.15, 0.2) is 24.3 Å². The van der Waals surface area contributed by atoms with E-state index in [9.17, 15) is 0 Å². The van der Waals surface area contributed by atoms with Gasteiger partial charge in [0.2, 0.25) is 0 Å². The molecule has 18 heavy (non-hydrogen) atoms. The number of imidazole rings is 1. The van der Waals surface area contributed by atoms with Gasteiger partial charge in [0.1, 0.15) is 5.82 Å². The van der Waals surface area contributed by atoms with E-state index < -0.39 is 0 Å². The van der Waals surface area contributed by atoms with Crippen LogP contribution in [0.5, 0.6) is 0 Å². The maximum absolute atomic E-state index is 5.56. The van der Waals surface area contributed by atoms with E-state index in [0.29, 0.717) is 10.9 Å². The molecule has 0 saturated carbocycles. The highest BCUT2D eigenvalue weighted by Crippen LogP contribution is 2.30.